The molecule has 0 saturated carbocycles. The van der Waals surface area contributed by atoms with E-state index in [4.69, 9.17) is 11.6 Å². The minimum atomic E-state index is -0.507. The van der Waals surface area contributed by atoms with E-state index < -0.39 is 11.6 Å². The minimum absolute atomic E-state index is 0.00186. The van der Waals surface area contributed by atoms with Crippen LogP contribution in [-0.2, 0) is 0 Å². The summed E-state index contributed by atoms with van der Waals surface area (Å²) < 4.78 is 29.0. The van der Waals surface area contributed by atoms with Gasteiger partial charge in [-0.15, -0.1) is 0 Å². The molecule has 0 bridgehead atoms. The summed E-state index contributed by atoms with van der Waals surface area (Å²) in [5.41, 5.74) is 2.61. The summed E-state index contributed by atoms with van der Waals surface area (Å²) in [6.07, 6.45) is 4.56. The third-order valence-electron chi connectivity index (χ3n) is 3.64. The lowest BCUT2D eigenvalue weighted by Crippen LogP contribution is -1.95. The van der Waals surface area contributed by atoms with Crippen molar-refractivity contribution in [2.45, 2.75) is 0 Å². The van der Waals surface area contributed by atoms with Crippen molar-refractivity contribution in [2.75, 3.05) is 0 Å². The molecule has 4 aromatic rings. The molecule has 4 nitrogen and oxygen atoms in total. The Morgan fingerprint density at radius 1 is 0.958 bits per heavy atom. The smallest absolute Gasteiger partial charge is 0.191 e. The molecule has 118 valence electrons. The van der Waals surface area contributed by atoms with Gasteiger partial charge in [-0.05, 0) is 30.3 Å². The first-order valence-electron chi connectivity index (χ1n) is 7.03. The van der Waals surface area contributed by atoms with Crippen LogP contribution >= 0.6 is 11.6 Å². The number of hydrogen-bond acceptors (Lipinski definition) is 3. The van der Waals surface area contributed by atoms with Crippen molar-refractivity contribution in [1.29, 1.82) is 0 Å². The third kappa shape index (κ3) is 2.41. The SMILES string of the molecule is Fc1ccc(-c2ncccc2-c2cc(F)c3ncnn3c2)cc1Cl. The lowest BCUT2D eigenvalue weighted by Gasteiger charge is -2.10. The topological polar surface area (TPSA) is 43.1 Å². The molecule has 0 aliphatic carbocycles. The normalized spacial score (nSPS) is 11.1. The molecule has 0 aliphatic rings. The van der Waals surface area contributed by atoms with Crippen LogP contribution in [-0.4, -0.2) is 19.6 Å². The van der Waals surface area contributed by atoms with Crippen LogP contribution in [0.4, 0.5) is 8.78 Å². The lowest BCUT2D eigenvalue weighted by atomic mass is 10.0. The molecule has 7 heteroatoms. The maximum Gasteiger partial charge on any atom is 0.191 e. The maximum atomic E-state index is 14.2. The van der Waals surface area contributed by atoms with Crippen LogP contribution in [0.3, 0.4) is 0 Å². The van der Waals surface area contributed by atoms with Gasteiger partial charge in [0, 0.05) is 29.1 Å². The standard InChI is InChI=1S/C17H9ClF2N4/c18-13-6-10(3-4-14(13)19)16-12(2-1-5-21-16)11-7-15(20)17-22-9-23-24(17)8-11/h1-9H. The zero-order valence-electron chi connectivity index (χ0n) is 12.1. The average Bonchev–Trinajstić information content (AvgIpc) is 3.06. The molecule has 0 spiro atoms. The molecule has 3 heterocycles. The summed E-state index contributed by atoms with van der Waals surface area (Å²) >= 11 is 5.87. The molecule has 3 aromatic heterocycles. The Balaban J connectivity index is 1.93. The first kappa shape index (κ1) is 14.7. The Labute approximate surface area is 140 Å². The zero-order valence-corrected chi connectivity index (χ0v) is 12.9. The quantitative estimate of drug-likeness (QED) is 0.542. The van der Waals surface area contributed by atoms with Crippen molar-refractivity contribution in [2.24, 2.45) is 0 Å². The Hall–Kier alpha value is -2.86. The Morgan fingerprint density at radius 3 is 2.67 bits per heavy atom. The van der Waals surface area contributed by atoms with Crippen molar-refractivity contribution < 1.29 is 8.78 Å². The first-order chi connectivity index (χ1) is 11.6. The average molecular weight is 343 g/mol. The minimum Gasteiger partial charge on any atom is -0.256 e. The summed E-state index contributed by atoms with van der Waals surface area (Å²) in [7, 11) is 0. The van der Waals surface area contributed by atoms with Gasteiger partial charge in [0.2, 0.25) is 0 Å². The third-order valence-corrected chi connectivity index (χ3v) is 3.93. The molecule has 24 heavy (non-hydrogen) atoms. The monoisotopic (exact) mass is 342 g/mol. The van der Waals surface area contributed by atoms with Crippen LogP contribution < -0.4 is 0 Å². The van der Waals surface area contributed by atoms with Gasteiger partial charge < -0.3 is 0 Å². The van der Waals surface area contributed by atoms with Gasteiger partial charge >= 0.3 is 0 Å². The summed E-state index contributed by atoms with van der Waals surface area (Å²) in [6, 6.07) is 9.27. The molecule has 0 fully saturated rings. The zero-order chi connectivity index (χ0) is 16.7. The number of halogens is 3. The summed E-state index contributed by atoms with van der Waals surface area (Å²) in [4.78, 5) is 8.20. The van der Waals surface area contributed by atoms with E-state index in [0.717, 1.165) is 0 Å². The molecular weight excluding hydrogens is 334 g/mol. The number of rotatable bonds is 2. The highest BCUT2D eigenvalue weighted by Crippen LogP contribution is 2.32. The maximum absolute atomic E-state index is 14.2. The fourth-order valence-corrected chi connectivity index (χ4v) is 2.73. The van der Waals surface area contributed by atoms with Crippen LogP contribution in [0.5, 0.6) is 0 Å². The van der Waals surface area contributed by atoms with Gasteiger partial charge in [-0.25, -0.2) is 18.3 Å². The number of fused-ring (bicyclic) bond motifs is 1. The van der Waals surface area contributed by atoms with Crippen molar-refractivity contribution in [3.8, 4) is 22.4 Å². The molecule has 0 atom stereocenters. The second-order valence-electron chi connectivity index (χ2n) is 5.13. The number of nitrogens with zero attached hydrogens (tertiary/aromatic N) is 4. The van der Waals surface area contributed by atoms with Gasteiger partial charge in [0.15, 0.2) is 11.5 Å². The van der Waals surface area contributed by atoms with Gasteiger partial charge in [-0.2, -0.15) is 5.10 Å². The van der Waals surface area contributed by atoms with Crippen LogP contribution in [0.2, 0.25) is 5.02 Å². The van der Waals surface area contributed by atoms with Gasteiger partial charge in [0.1, 0.15) is 12.1 Å². The van der Waals surface area contributed by atoms with E-state index in [0.29, 0.717) is 22.4 Å². The van der Waals surface area contributed by atoms with Gasteiger partial charge in [-0.3, -0.25) is 4.98 Å². The van der Waals surface area contributed by atoms with Crippen LogP contribution in [0.25, 0.3) is 28.0 Å². The van der Waals surface area contributed by atoms with Crippen LogP contribution in [0, 0.1) is 11.6 Å². The molecule has 0 N–H and O–H groups in total. The highest BCUT2D eigenvalue weighted by atomic mass is 35.5. The van der Waals surface area contributed by atoms with Crippen molar-refractivity contribution in [3.05, 3.63) is 71.8 Å². The Kier molecular flexibility index (Phi) is 3.46. The number of benzene rings is 1. The molecule has 0 radical (unpaired) electrons. The lowest BCUT2D eigenvalue weighted by molar-refractivity contribution is 0.628. The fraction of sp³-hybridized carbons (Fsp3) is 0. The summed E-state index contributed by atoms with van der Waals surface area (Å²) in [6.45, 7) is 0. The molecule has 0 unspecified atom stereocenters. The summed E-state index contributed by atoms with van der Waals surface area (Å²) in [5, 5.41) is 3.97. The second kappa shape index (κ2) is 5.65. The molecule has 1 aromatic carbocycles. The number of pyridine rings is 2. The van der Waals surface area contributed by atoms with Crippen LogP contribution in [0.15, 0.2) is 55.1 Å². The van der Waals surface area contributed by atoms with E-state index in [9.17, 15) is 8.78 Å². The second-order valence-corrected chi connectivity index (χ2v) is 5.54. The van der Waals surface area contributed by atoms with E-state index in [1.807, 2.05) is 0 Å². The largest absolute Gasteiger partial charge is 0.256 e. The van der Waals surface area contributed by atoms with E-state index >= 15 is 0 Å². The van der Waals surface area contributed by atoms with Crippen molar-refractivity contribution in [3.63, 3.8) is 0 Å². The van der Waals surface area contributed by atoms with E-state index in [2.05, 4.69) is 15.1 Å². The van der Waals surface area contributed by atoms with Gasteiger partial charge in [0.05, 0.1) is 10.7 Å². The Bertz CT molecular complexity index is 1060. The molecular formula is C17H9ClF2N4. The predicted molar refractivity (Wildman–Crippen MR) is 86.6 cm³/mol. The first-order valence-corrected chi connectivity index (χ1v) is 7.41. The van der Waals surface area contributed by atoms with E-state index in [1.165, 1.54) is 29.0 Å². The van der Waals surface area contributed by atoms with E-state index in [1.54, 1.807) is 30.6 Å². The van der Waals surface area contributed by atoms with Gasteiger partial charge in [-0.1, -0.05) is 17.7 Å². The van der Waals surface area contributed by atoms with Crippen molar-refractivity contribution in [1.82, 2.24) is 19.6 Å². The number of hydrogen-bond donors (Lipinski definition) is 0. The molecule has 0 amide bonds. The molecule has 0 aliphatic heterocycles. The summed E-state index contributed by atoms with van der Waals surface area (Å²) in [5.74, 6) is -0.995. The molecule has 0 saturated heterocycles. The highest BCUT2D eigenvalue weighted by molar-refractivity contribution is 6.31. The fourth-order valence-electron chi connectivity index (χ4n) is 2.54. The highest BCUT2D eigenvalue weighted by Gasteiger charge is 2.13. The van der Waals surface area contributed by atoms with Crippen molar-refractivity contribution >= 4 is 17.2 Å². The number of aromatic nitrogens is 4. The Morgan fingerprint density at radius 2 is 1.83 bits per heavy atom. The predicted octanol–water partition coefficient (Wildman–Crippen LogP) is 4.39. The van der Waals surface area contributed by atoms with Crippen LogP contribution in [0.1, 0.15) is 0 Å². The molecule has 4 rings (SSSR count). The van der Waals surface area contributed by atoms with E-state index in [-0.39, 0.29) is 10.7 Å². The van der Waals surface area contributed by atoms with Gasteiger partial charge in [0.25, 0.3) is 0 Å².